The van der Waals surface area contributed by atoms with Gasteiger partial charge in [-0.05, 0) is 36.1 Å². The van der Waals surface area contributed by atoms with Gasteiger partial charge in [-0.1, -0.05) is 62.7 Å². The van der Waals surface area contributed by atoms with Gasteiger partial charge in [0.1, 0.15) is 5.75 Å². The van der Waals surface area contributed by atoms with E-state index in [1.165, 1.54) is 18.2 Å². The lowest BCUT2D eigenvalue weighted by atomic mass is 9.97. The zero-order valence-corrected chi connectivity index (χ0v) is 19.4. The molecule has 0 saturated heterocycles. The largest absolute Gasteiger partial charge is 0.492 e. The van der Waals surface area contributed by atoms with Crippen LogP contribution in [0, 0.1) is 5.41 Å². The molecule has 0 radical (unpaired) electrons. The number of benzene rings is 2. The minimum atomic E-state index is -3.97. The van der Waals surface area contributed by atoms with Gasteiger partial charge in [-0.15, -0.1) is 0 Å². The first-order chi connectivity index (χ1) is 14.0. The SMILES string of the molecule is CCOc1ccc(S(=O)(=O)N(CC(=O)NCC(C)(C)C)Cc2ccccc2)cc1Cl. The standard InChI is InChI=1S/C22H29ClN2O4S/c1-5-29-20-12-11-18(13-19(20)23)30(27,28)25(14-17-9-7-6-8-10-17)15-21(26)24-16-22(2,3)4/h6-13H,5,14-16H2,1-4H3,(H,24,26). The maximum absolute atomic E-state index is 13.3. The Kier molecular flexibility index (Phi) is 8.29. The van der Waals surface area contributed by atoms with E-state index in [1.807, 2.05) is 58.0 Å². The van der Waals surface area contributed by atoms with Crippen LogP contribution in [0.4, 0.5) is 0 Å². The molecule has 8 heteroatoms. The van der Waals surface area contributed by atoms with Crippen LogP contribution < -0.4 is 10.1 Å². The molecule has 2 aromatic carbocycles. The molecule has 0 aromatic heterocycles. The summed E-state index contributed by atoms with van der Waals surface area (Å²) in [4.78, 5) is 12.5. The Morgan fingerprint density at radius 2 is 1.80 bits per heavy atom. The number of nitrogens with one attached hydrogen (secondary N) is 1. The summed E-state index contributed by atoms with van der Waals surface area (Å²) in [6.07, 6.45) is 0. The lowest BCUT2D eigenvalue weighted by Gasteiger charge is -2.24. The van der Waals surface area contributed by atoms with Crippen molar-refractivity contribution in [3.05, 3.63) is 59.1 Å². The molecule has 0 spiro atoms. The van der Waals surface area contributed by atoms with Crippen LogP contribution in [0.1, 0.15) is 33.3 Å². The van der Waals surface area contributed by atoms with Crippen LogP contribution in [0.25, 0.3) is 0 Å². The Balaban J connectivity index is 2.32. The van der Waals surface area contributed by atoms with Gasteiger partial charge in [0.2, 0.25) is 15.9 Å². The van der Waals surface area contributed by atoms with Gasteiger partial charge in [0.25, 0.3) is 0 Å². The number of hydrogen-bond donors (Lipinski definition) is 1. The fourth-order valence-corrected chi connectivity index (χ4v) is 4.37. The van der Waals surface area contributed by atoms with E-state index in [0.717, 1.165) is 9.87 Å². The number of halogens is 1. The zero-order chi connectivity index (χ0) is 22.4. The number of carbonyl (C=O) groups is 1. The Morgan fingerprint density at radius 3 is 2.37 bits per heavy atom. The summed E-state index contributed by atoms with van der Waals surface area (Å²) in [5, 5.41) is 3.01. The molecule has 2 rings (SSSR count). The van der Waals surface area contributed by atoms with Crippen molar-refractivity contribution in [3.8, 4) is 5.75 Å². The van der Waals surface area contributed by atoms with Crippen LogP contribution in [0.5, 0.6) is 5.75 Å². The van der Waals surface area contributed by atoms with Crippen molar-refractivity contribution in [2.75, 3.05) is 19.7 Å². The Bertz CT molecular complexity index is 957. The highest BCUT2D eigenvalue weighted by atomic mass is 35.5. The number of hydrogen-bond acceptors (Lipinski definition) is 4. The average molecular weight is 453 g/mol. The maximum atomic E-state index is 13.3. The third-order valence-corrected chi connectivity index (χ3v) is 6.26. The first kappa shape index (κ1) is 24.2. The Hall–Kier alpha value is -2.09. The summed E-state index contributed by atoms with van der Waals surface area (Å²) in [5.41, 5.74) is 0.670. The molecular weight excluding hydrogens is 424 g/mol. The fourth-order valence-electron chi connectivity index (χ4n) is 2.66. The van der Waals surface area contributed by atoms with E-state index in [9.17, 15) is 13.2 Å². The summed E-state index contributed by atoms with van der Waals surface area (Å²) in [6.45, 7) is 8.43. The third-order valence-electron chi connectivity index (χ3n) is 4.18. The second kappa shape index (κ2) is 10.3. The lowest BCUT2D eigenvalue weighted by Crippen LogP contribution is -2.42. The first-order valence-electron chi connectivity index (χ1n) is 9.76. The maximum Gasteiger partial charge on any atom is 0.243 e. The smallest absolute Gasteiger partial charge is 0.243 e. The van der Waals surface area contributed by atoms with E-state index in [-0.39, 0.29) is 34.3 Å². The van der Waals surface area contributed by atoms with Crippen LogP contribution >= 0.6 is 11.6 Å². The third kappa shape index (κ3) is 7.00. The van der Waals surface area contributed by atoms with Gasteiger partial charge in [-0.25, -0.2) is 8.42 Å². The molecule has 2 aromatic rings. The molecule has 0 atom stereocenters. The summed E-state index contributed by atoms with van der Waals surface area (Å²) in [7, 11) is -3.97. The molecule has 0 aliphatic rings. The van der Waals surface area contributed by atoms with Crippen molar-refractivity contribution < 1.29 is 17.9 Å². The van der Waals surface area contributed by atoms with E-state index < -0.39 is 10.0 Å². The predicted molar refractivity (Wildman–Crippen MR) is 119 cm³/mol. The Morgan fingerprint density at radius 1 is 1.13 bits per heavy atom. The highest BCUT2D eigenvalue weighted by molar-refractivity contribution is 7.89. The monoisotopic (exact) mass is 452 g/mol. The van der Waals surface area contributed by atoms with Crippen LogP contribution in [0.2, 0.25) is 5.02 Å². The average Bonchev–Trinajstić information content (AvgIpc) is 2.68. The second-order valence-electron chi connectivity index (χ2n) is 8.12. The number of ether oxygens (including phenoxy) is 1. The molecular formula is C22H29ClN2O4S. The van der Waals surface area contributed by atoms with Gasteiger partial charge in [-0.2, -0.15) is 4.31 Å². The van der Waals surface area contributed by atoms with Gasteiger partial charge in [0.05, 0.1) is 23.1 Å². The normalized spacial score (nSPS) is 12.1. The highest BCUT2D eigenvalue weighted by Crippen LogP contribution is 2.29. The molecule has 0 unspecified atom stereocenters. The summed E-state index contributed by atoms with van der Waals surface area (Å²) >= 11 is 6.20. The molecule has 1 N–H and O–H groups in total. The quantitative estimate of drug-likeness (QED) is 0.621. The minimum absolute atomic E-state index is 0.00973. The molecule has 0 aliphatic carbocycles. The van der Waals surface area contributed by atoms with Crippen LogP contribution in [-0.2, 0) is 21.4 Å². The van der Waals surface area contributed by atoms with Crippen molar-refractivity contribution in [3.63, 3.8) is 0 Å². The van der Waals surface area contributed by atoms with E-state index in [1.54, 1.807) is 0 Å². The molecule has 164 valence electrons. The minimum Gasteiger partial charge on any atom is -0.492 e. The van der Waals surface area contributed by atoms with Crippen LogP contribution in [-0.4, -0.2) is 38.3 Å². The van der Waals surface area contributed by atoms with Gasteiger partial charge in [-0.3, -0.25) is 4.79 Å². The van der Waals surface area contributed by atoms with E-state index in [4.69, 9.17) is 16.3 Å². The molecule has 0 heterocycles. The van der Waals surface area contributed by atoms with Gasteiger partial charge < -0.3 is 10.1 Å². The van der Waals surface area contributed by atoms with Crippen molar-refractivity contribution in [1.29, 1.82) is 0 Å². The number of rotatable bonds is 9. The molecule has 0 saturated carbocycles. The number of amides is 1. The topological polar surface area (TPSA) is 75.7 Å². The summed E-state index contributed by atoms with van der Waals surface area (Å²) in [6, 6.07) is 13.5. The van der Waals surface area contributed by atoms with Crippen molar-refractivity contribution in [2.24, 2.45) is 5.41 Å². The molecule has 6 nitrogen and oxygen atoms in total. The predicted octanol–water partition coefficient (Wildman–Crippen LogP) is 4.09. The van der Waals surface area contributed by atoms with E-state index >= 15 is 0 Å². The molecule has 0 fully saturated rings. The first-order valence-corrected chi connectivity index (χ1v) is 11.6. The van der Waals surface area contributed by atoms with Crippen molar-refractivity contribution in [2.45, 2.75) is 39.1 Å². The Labute approximate surface area is 184 Å². The van der Waals surface area contributed by atoms with E-state index in [2.05, 4.69) is 5.32 Å². The summed E-state index contributed by atoms with van der Waals surface area (Å²) < 4.78 is 33.2. The van der Waals surface area contributed by atoms with Gasteiger partial charge in [0.15, 0.2) is 0 Å². The van der Waals surface area contributed by atoms with Gasteiger partial charge >= 0.3 is 0 Å². The number of sulfonamides is 1. The van der Waals surface area contributed by atoms with Crippen LogP contribution in [0.15, 0.2) is 53.4 Å². The fraction of sp³-hybridized carbons (Fsp3) is 0.409. The van der Waals surface area contributed by atoms with Crippen molar-refractivity contribution >= 4 is 27.5 Å². The van der Waals surface area contributed by atoms with E-state index in [0.29, 0.717) is 18.9 Å². The molecule has 30 heavy (non-hydrogen) atoms. The van der Waals surface area contributed by atoms with Crippen molar-refractivity contribution in [1.82, 2.24) is 9.62 Å². The number of carbonyl (C=O) groups excluding carboxylic acids is 1. The number of nitrogens with zero attached hydrogens (tertiary/aromatic N) is 1. The second-order valence-corrected chi connectivity index (χ2v) is 10.5. The van der Waals surface area contributed by atoms with Gasteiger partial charge in [0, 0.05) is 13.1 Å². The highest BCUT2D eigenvalue weighted by Gasteiger charge is 2.28. The lowest BCUT2D eigenvalue weighted by molar-refractivity contribution is -0.121. The van der Waals surface area contributed by atoms with Crippen LogP contribution in [0.3, 0.4) is 0 Å². The zero-order valence-electron chi connectivity index (χ0n) is 17.8. The molecule has 0 bridgehead atoms. The molecule has 1 amide bonds. The molecule has 0 aliphatic heterocycles. The summed E-state index contributed by atoms with van der Waals surface area (Å²) in [5.74, 6) is 0.0529.